The Kier molecular flexibility index (Phi) is 6.45. The van der Waals surface area contributed by atoms with E-state index >= 15 is 0 Å². The second-order valence-electron chi connectivity index (χ2n) is 5.02. The summed E-state index contributed by atoms with van der Waals surface area (Å²) in [5, 5.41) is 12.5. The smallest absolute Gasteiger partial charge is 0.242 e. The van der Waals surface area contributed by atoms with Gasteiger partial charge in [0.1, 0.15) is 4.90 Å². The van der Waals surface area contributed by atoms with Gasteiger partial charge in [-0.2, -0.15) is 0 Å². The van der Waals surface area contributed by atoms with Crippen LogP contribution in [0.4, 0.5) is 5.69 Å². The molecule has 0 amide bonds. The fourth-order valence-corrected chi connectivity index (χ4v) is 3.27. The summed E-state index contributed by atoms with van der Waals surface area (Å²) >= 11 is 0. The van der Waals surface area contributed by atoms with E-state index in [0.29, 0.717) is 18.7 Å². The third-order valence-electron chi connectivity index (χ3n) is 2.82. The second kappa shape index (κ2) is 7.61. The zero-order chi connectivity index (χ0) is 15.2. The lowest BCUT2D eigenvalue weighted by Gasteiger charge is -2.19. The molecule has 0 aromatic heterocycles. The normalized spacial score (nSPS) is 14.8. The molecule has 114 valence electrons. The van der Waals surface area contributed by atoms with E-state index in [2.05, 4.69) is 10.0 Å². The van der Waals surface area contributed by atoms with Crippen LogP contribution < -0.4 is 10.0 Å². The van der Waals surface area contributed by atoms with Crippen LogP contribution >= 0.6 is 0 Å². The summed E-state index contributed by atoms with van der Waals surface area (Å²) in [7, 11) is -3.50. The predicted octanol–water partition coefficient (Wildman–Crippen LogP) is 1.95. The Labute approximate surface area is 121 Å². The van der Waals surface area contributed by atoms with E-state index in [0.717, 1.165) is 6.42 Å². The summed E-state index contributed by atoms with van der Waals surface area (Å²) in [4.78, 5) is 0.242. The monoisotopic (exact) mass is 300 g/mol. The highest BCUT2D eigenvalue weighted by Crippen LogP contribution is 2.22. The molecule has 2 unspecified atom stereocenters. The summed E-state index contributed by atoms with van der Waals surface area (Å²) in [5.74, 6) is 0. The fourth-order valence-electron chi connectivity index (χ4n) is 1.97. The molecule has 0 spiro atoms. The lowest BCUT2D eigenvalue weighted by molar-refractivity contribution is 0.179. The molecule has 1 aromatic rings. The third kappa shape index (κ3) is 5.11. The fraction of sp³-hybridized carbons (Fsp3) is 0.571. The van der Waals surface area contributed by atoms with Crippen molar-refractivity contribution < 1.29 is 13.5 Å². The molecule has 20 heavy (non-hydrogen) atoms. The average molecular weight is 300 g/mol. The topological polar surface area (TPSA) is 78.4 Å². The Morgan fingerprint density at radius 1 is 1.25 bits per heavy atom. The van der Waals surface area contributed by atoms with E-state index in [1.54, 1.807) is 31.2 Å². The lowest BCUT2D eigenvalue weighted by Crippen LogP contribution is -2.27. The molecule has 0 radical (unpaired) electrons. The van der Waals surface area contributed by atoms with Crippen LogP contribution in [0.2, 0.25) is 0 Å². The van der Waals surface area contributed by atoms with Gasteiger partial charge in [-0.3, -0.25) is 0 Å². The van der Waals surface area contributed by atoms with Crippen molar-refractivity contribution in [1.82, 2.24) is 4.72 Å². The van der Waals surface area contributed by atoms with E-state index in [1.807, 2.05) is 13.8 Å². The van der Waals surface area contributed by atoms with Gasteiger partial charge in [0.15, 0.2) is 0 Å². The Morgan fingerprint density at radius 3 is 2.50 bits per heavy atom. The quantitative estimate of drug-likeness (QED) is 0.685. The van der Waals surface area contributed by atoms with Crippen LogP contribution in [0.15, 0.2) is 29.2 Å². The number of para-hydroxylation sites is 1. The highest BCUT2D eigenvalue weighted by atomic mass is 32.2. The van der Waals surface area contributed by atoms with E-state index < -0.39 is 16.1 Å². The zero-order valence-corrected chi connectivity index (χ0v) is 13.1. The molecule has 0 aliphatic rings. The van der Waals surface area contributed by atoms with Crippen molar-refractivity contribution in [2.24, 2.45) is 0 Å². The van der Waals surface area contributed by atoms with Gasteiger partial charge in [-0.05, 0) is 38.8 Å². The van der Waals surface area contributed by atoms with Crippen molar-refractivity contribution >= 4 is 15.7 Å². The molecule has 1 aromatic carbocycles. The minimum atomic E-state index is -3.50. The molecule has 0 aliphatic heterocycles. The number of aliphatic hydroxyl groups excluding tert-OH is 1. The molecule has 5 nitrogen and oxygen atoms in total. The highest BCUT2D eigenvalue weighted by molar-refractivity contribution is 7.89. The van der Waals surface area contributed by atoms with Crippen LogP contribution in [-0.2, 0) is 10.0 Å². The van der Waals surface area contributed by atoms with Crippen LogP contribution in [0, 0.1) is 0 Å². The van der Waals surface area contributed by atoms with Gasteiger partial charge >= 0.3 is 0 Å². The molecule has 2 atom stereocenters. The SMILES string of the molecule is CCCNS(=O)(=O)c1ccccc1NC(C)CC(C)O. The van der Waals surface area contributed by atoms with Gasteiger partial charge in [-0.25, -0.2) is 13.1 Å². The number of nitrogens with one attached hydrogen (secondary N) is 2. The number of rotatable bonds is 8. The number of benzene rings is 1. The molecule has 0 bridgehead atoms. The lowest BCUT2D eigenvalue weighted by atomic mass is 10.1. The minimum Gasteiger partial charge on any atom is -0.393 e. The first-order chi connectivity index (χ1) is 9.36. The molecule has 0 fully saturated rings. The van der Waals surface area contributed by atoms with E-state index in [1.165, 1.54) is 0 Å². The standard InChI is InChI=1S/C14H24N2O3S/c1-4-9-15-20(18,19)14-8-6-5-7-13(14)16-11(2)10-12(3)17/h5-8,11-12,15-17H,4,9-10H2,1-3H3. The zero-order valence-electron chi connectivity index (χ0n) is 12.3. The van der Waals surface area contributed by atoms with Crippen LogP contribution in [0.25, 0.3) is 0 Å². The van der Waals surface area contributed by atoms with E-state index in [4.69, 9.17) is 0 Å². The minimum absolute atomic E-state index is 0.0162. The molecular weight excluding hydrogens is 276 g/mol. The van der Waals surface area contributed by atoms with Gasteiger partial charge in [0.25, 0.3) is 0 Å². The molecular formula is C14H24N2O3S. The van der Waals surface area contributed by atoms with Crippen molar-refractivity contribution in [1.29, 1.82) is 0 Å². The first-order valence-electron chi connectivity index (χ1n) is 6.90. The van der Waals surface area contributed by atoms with Crippen LogP contribution in [0.5, 0.6) is 0 Å². The van der Waals surface area contributed by atoms with Crippen LogP contribution in [0.3, 0.4) is 0 Å². The summed E-state index contributed by atoms with van der Waals surface area (Å²) in [5.41, 5.74) is 0.559. The van der Waals surface area contributed by atoms with Crippen LogP contribution in [0.1, 0.15) is 33.6 Å². The molecule has 0 saturated heterocycles. The van der Waals surface area contributed by atoms with Gasteiger partial charge in [-0.1, -0.05) is 19.1 Å². The first-order valence-corrected chi connectivity index (χ1v) is 8.38. The van der Waals surface area contributed by atoms with Gasteiger partial charge < -0.3 is 10.4 Å². The maximum Gasteiger partial charge on any atom is 0.242 e. The predicted molar refractivity (Wildman–Crippen MR) is 81.3 cm³/mol. The summed E-state index contributed by atoms with van der Waals surface area (Å²) in [6.45, 7) is 5.95. The Balaban J connectivity index is 2.93. The summed E-state index contributed by atoms with van der Waals surface area (Å²) < 4.78 is 27.0. The van der Waals surface area contributed by atoms with Crippen molar-refractivity contribution in [2.45, 2.75) is 50.7 Å². The Hall–Kier alpha value is -1.11. The molecule has 0 aliphatic carbocycles. The maximum atomic E-state index is 12.2. The van der Waals surface area contributed by atoms with E-state index in [9.17, 15) is 13.5 Å². The van der Waals surface area contributed by atoms with Crippen molar-refractivity contribution in [3.63, 3.8) is 0 Å². The summed E-state index contributed by atoms with van der Waals surface area (Å²) in [6.07, 6.45) is 0.865. The number of hydrogen-bond acceptors (Lipinski definition) is 4. The van der Waals surface area contributed by atoms with Crippen LogP contribution in [-0.4, -0.2) is 32.2 Å². The van der Waals surface area contributed by atoms with Gasteiger partial charge in [0, 0.05) is 12.6 Å². The first kappa shape index (κ1) is 16.9. The second-order valence-corrected chi connectivity index (χ2v) is 6.76. The molecule has 6 heteroatoms. The van der Waals surface area contributed by atoms with E-state index in [-0.39, 0.29) is 10.9 Å². The van der Waals surface area contributed by atoms with Crippen molar-refractivity contribution in [2.75, 3.05) is 11.9 Å². The molecule has 0 heterocycles. The van der Waals surface area contributed by atoms with Gasteiger partial charge in [0.05, 0.1) is 11.8 Å². The number of sulfonamides is 1. The Bertz CT molecular complexity index is 515. The number of anilines is 1. The molecule has 1 rings (SSSR count). The van der Waals surface area contributed by atoms with Gasteiger partial charge in [0.2, 0.25) is 10.0 Å². The maximum absolute atomic E-state index is 12.2. The largest absolute Gasteiger partial charge is 0.393 e. The Morgan fingerprint density at radius 2 is 1.90 bits per heavy atom. The number of hydrogen-bond donors (Lipinski definition) is 3. The highest BCUT2D eigenvalue weighted by Gasteiger charge is 2.18. The summed E-state index contributed by atoms with van der Waals surface area (Å²) in [6, 6.07) is 6.79. The molecule has 3 N–H and O–H groups in total. The third-order valence-corrected chi connectivity index (χ3v) is 4.33. The van der Waals surface area contributed by atoms with Crippen molar-refractivity contribution in [3.05, 3.63) is 24.3 Å². The number of aliphatic hydroxyl groups is 1. The van der Waals surface area contributed by atoms with Crippen molar-refractivity contribution in [3.8, 4) is 0 Å². The molecule has 0 saturated carbocycles. The van der Waals surface area contributed by atoms with Gasteiger partial charge in [-0.15, -0.1) is 0 Å². The average Bonchev–Trinajstić information content (AvgIpc) is 2.36.